The predicted molar refractivity (Wildman–Crippen MR) is 101 cm³/mol. The molecule has 0 spiro atoms. The lowest BCUT2D eigenvalue weighted by molar-refractivity contribution is -0.138. The van der Waals surface area contributed by atoms with E-state index in [1.165, 1.54) is 29.4 Å². The third kappa shape index (κ3) is 4.18. The van der Waals surface area contributed by atoms with Crippen LogP contribution in [0.1, 0.15) is 42.7 Å². The highest BCUT2D eigenvalue weighted by Crippen LogP contribution is 2.34. The Kier molecular flexibility index (Phi) is 5.71. The zero-order valence-corrected chi connectivity index (χ0v) is 16.2. The second kappa shape index (κ2) is 7.89. The number of carboxylic acid groups (broad SMARTS) is 1. The van der Waals surface area contributed by atoms with Crippen molar-refractivity contribution in [3.8, 4) is 5.75 Å². The van der Waals surface area contributed by atoms with E-state index in [9.17, 15) is 27.8 Å². The molecule has 0 saturated carbocycles. The third-order valence-electron chi connectivity index (χ3n) is 5.14. The molecule has 1 heterocycles. The molecule has 6 nitrogen and oxygen atoms in total. The molecule has 2 aromatic rings. The topological polar surface area (TPSA) is 94.9 Å². The minimum atomic E-state index is -3.76. The first-order valence-corrected chi connectivity index (χ1v) is 10.4. The standard InChI is InChI=1S/C20H22FNO5S/c1-13(20(24)25)15-9-16(11-18(23)10-15)14-3-2-8-22(12-14)28(26,27)19-6-4-17(21)5-7-19/h4-7,9-11,13-14,23H,2-3,8,12H2,1H3,(H,24,25). The molecule has 0 amide bonds. The summed E-state index contributed by atoms with van der Waals surface area (Å²) in [6.07, 6.45) is 1.35. The minimum absolute atomic E-state index is 0.0330. The number of aliphatic carboxylic acids is 1. The lowest BCUT2D eigenvalue weighted by Crippen LogP contribution is -2.39. The molecule has 1 fully saturated rings. The zero-order chi connectivity index (χ0) is 20.5. The van der Waals surface area contributed by atoms with E-state index in [1.807, 2.05) is 0 Å². The molecule has 0 bridgehead atoms. The number of hydrogen-bond donors (Lipinski definition) is 2. The van der Waals surface area contributed by atoms with E-state index in [1.54, 1.807) is 12.1 Å². The van der Waals surface area contributed by atoms with Crippen LogP contribution in [0, 0.1) is 5.82 Å². The smallest absolute Gasteiger partial charge is 0.310 e. The van der Waals surface area contributed by atoms with Crippen molar-refractivity contribution in [2.75, 3.05) is 13.1 Å². The fourth-order valence-electron chi connectivity index (χ4n) is 3.48. The maximum Gasteiger partial charge on any atom is 0.310 e. The molecule has 8 heteroatoms. The average Bonchev–Trinajstić information content (AvgIpc) is 2.67. The Morgan fingerprint density at radius 2 is 1.89 bits per heavy atom. The fourth-order valence-corrected chi connectivity index (χ4v) is 5.00. The number of phenols is 1. The summed E-state index contributed by atoms with van der Waals surface area (Å²) >= 11 is 0. The number of piperidine rings is 1. The first-order valence-electron chi connectivity index (χ1n) is 9.01. The van der Waals surface area contributed by atoms with Crippen LogP contribution in [0.15, 0.2) is 47.4 Å². The number of carboxylic acids is 1. The molecule has 28 heavy (non-hydrogen) atoms. The number of nitrogens with zero attached hydrogens (tertiary/aromatic N) is 1. The van der Waals surface area contributed by atoms with Gasteiger partial charge in [0, 0.05) is 13.1 Å². The largest absolute Gasteiger partial charge is 0.508 e. The number of sulfonamides is 1. The van der Waals surface area contributed by atoms with Crippen molar-refractivity contribution in [1.82, 2.24) is 4.31 Å². The van der Waals surface area contributed by atoms with E-state index >= 15 is 0 Å². The normalized spacial score (nSPS) is 19.3. The molecule has 150 valence electrons. The molecule has 2 atom stereocenters. The van der Waals surface area contributed by atoms with Gasteiger partial charge < -0.3 is 10.2 Å². The second-order valence-corrected chi connectivity index (χ2v) is 9.01. The number of aromatic hydroxyl groups is 1. The van der Waals surface area contributed by atoms with Gasteiger partial charge in [-0.2, -0.15) is 4.31 Å². The van der Waals surface area contributed by atoms with Gasteiger partial charge in [0.05, 0.1) is 10.8 Å². The maximum absolute atomic E-state index is 13.1. The number of benzene rings is 2. The van der Waals surface area contributed by atoms with E-state index < -0.39 is 27.7 Å². The van der Waals surface area contributed by atoms with Crippen LogP contribution in [0.4, 0.5) is 4.39 Å². The Morgan fingerprint density at radius 3 is 2.54 bits per heavy atom. The number of halogens is 1. The summed E-state index contributed by atoms with van der Waals surface area (Å²) in [6.45, 7) is 2.10. The van der Waals surface area contributed by atoms with Gasteiger partial charge in [0.25, 0.3) is 0 Å². The Bertz CT molecular complexity index is 975. The molecular weight excluding hydrogens is 385 g/mol. The van der Waals surface area contributed by atoms with Crippen molar-refractivity contribution in [2.24, 2.45) is 0 Å². The summed E-state index contributed by atoms with van der Waals surface area (Å²) in [5.74, 6) is -2.50. The summed E-state index contributed by atoms with van der Waals surface area (Å²) in [5, 5.41) is 19.3. The molecule has 0 aromatic heterocycles. The van der Waals surface area contributed by atoms with Crippen LogP contribution >= 0.6 is 0 Å². The van der Waals surface area contributed by atoms with Crippen molar-refractivity contribution >= 4 is 16.0 Å². The Morgan fingerprint density at radius 1 is 1.21 bits per heavy atom. The SMILES string of the molecule is CC(C(=O)O)c1cc(O)cc(C2CCCN(S(=O)(=O)c3ccc(F)cc3)C2)c1. The van der Waals surface area contributed by atoms with E-state index in [4.69, 9.17) is 0 Å². The number of phenolic OH excluding ortho intramolecular Hbond substituents is 1. The maximum atomic E-state index is 13.1. The van der Waals surface area contributed by atoms with Gasteiger partial charge in [0.1, 0.15) is 11.6 Å². The molecular formula is C20H22FNO5S. The van der Waals surface area contributed by atoms with Crippen molar-refractivity contribution in [2.45, 2.75) is 36.5 Å². The van der Waals surface area contributed by atoms with Crippen LogP contribution in [0.3, 0.4) is 0 Å². The molecule has 3 rings (SSSR count). The number of rotatable bonds is 5. The van der Waals surface area contributed by atoms with Crippen LogP contribution in [-0.2, 0) is 14.8 Å². The summed E-state index contributed by atoms with van der Waals surface area (Å²) in [7, 11) is -3.76. The number of carbonyl (C=O) groups is 1. The fraction of sp³-hybridized carbons (Fsp3) is 0.350. The van der Waals surface area contributed by atoms with Crippen molar-refractivity contribution in [3.05, 3.63) is 59.4 Å². The zero-order valence-electron chi connectivity index (χ0n) is 15.4. The molecule has 2 unspecified atom stereocenters. The average molecular weight is 407 g/mol. The third-order valence-corrected chi connectivity index (χ3v) is 7.02. The molecule has 0 aliphatic carbocycles. The molecule has 2 aromatic carbocycles. The first-order chi connectivity index (χ1) is 13.2. The summed E-state index contributed by atoms with van der Waals surface area (Å²) in [6, 6.07) is 9.41. The molecule has 1 aliphatic rings. The van der Waals surface area contributed by atoms with Crippen LogP contribution in [0.2, 0.25) is 0 Å². The number of hydrogen-bond acceptors (Lipinski definition) is 4. The van der Waals surface area contributed by atoms with Gasteiger partial charge in [-0.25, -0.2) is 12.8 Å². The Labute approximate surface area is 163 Å². The highest BCUT2D eigenvalue weighted by molar-refractivity contribution is 7.89. The summed E-state index contributed by atoms with van der Waals surface area (Å²) in [5.41, 5.74) is 1.18. The van der Waals surface area contributed by atoms with Gasteiger partial charge in [-0.15, -0.1) is 0 Å². The van der Waals surface area contributed by atoms with Gasteiger partial charge >= 0.3 is 5.97 Å². The molecule has 1 aliphatic heterocycles. The highest BCUT2D eigenvalue weighted by atomic mass is 32.2. The van der Waals surface area contributed by atoms with E-state index in [0.29, 0.717) is 24.1 Å². The Hall–Kier alpha value is -2.45. The molecule has 1 saturated heterocycles. The van der Waals surface area contributed by atoms with Crippen LogP contribution in [0.5, 0.6) is 5.75 Å². The van der Waals surface area contributed by atoms with Crippen LogP contribution in [-0.4, -0.2) is 42.0 Å². The summed E-state index contributed by atoms with van der Waals surface area (Å²) < 4.78 is 40.3. The lowest BCUT2D eigenvalue weighted by atomic mass is 9.88. The molecule has 2 N–H and O–H groups in total. The predicted octanol–water partition coefficient (Wildman–Crippen LogP) is 3.29. The van der Waals surface area contributed by atoms with Crippen molar-refractivity contribution < 1.29 is 27.8 Å². The second-order valence-electron chi connectivity index (χ2n) is 7.07. The van der Waals surface area contributed by atoms with Gasteiger partial charge in [-0.05, 0) is 73.2 Å². The van der Waals surface area contributed by atoms with Crippen LogP contribution < -0.4 is 0 Å². The monoisotopic (exact) mass is 407 g/mol. The van der Waals surface area contributed by atoms with Crippen molar-refractivity contribution in [3.63, 3.8) is 0 Å². The highest BCUT2D eigenvalue weighted by Gasteiger charge is 2.31. The molecule has 0 radical (unpaired) electrons. The first kappa shape index (κ1) is 20.3. The van der Waals surface area contributed by atoms with Crippen LogP contribution in [0.25, 0.3) is 0 Å². The van der Waals surface area contributed by atoms with Gasteiger partial charge in [-0.3, -0.25) is 4.79 Å². The quantitative estimate of drug-likeness (QED) is 0.793. The van der Waals surface area contributed by atoms with Gasteiger partial charge in [0.2, 0.25) is 10.0 Å². The lowest BCUT2D eigenvalue weighted by Gasteiger charge is -2.32. The summed E-state index contributed by atoms with van der Waals surface area (Å²) in [4.78, 5) is 11.3. The van der Waals surface area contributed by atoms with E-state index in [-0.39, 0.29) is 23.1 Å². The van der Waals surface area contributed by atoms with E-state index in [0.717, 1.165) is 18.6 Å². The van der Waals surface area contributed by atoms with Crippen molar-refractivity contribution in [1.29, 1.82) is 0 Å². The minimum Gasteiger partial charge on any atom is -0.508 e. The van der Waals surface area contributed by atoms with E-state index in [2.05, 4.69) is 0 Å². The Balaban J connectivity index is 1.87. The van der Waals surface area contributed by atoms with Gasteiger partial charge in [0.15, 0.2) is 0 Å². The van der Waals surface area contributed by atoms with Gasteiger partial charge in [-0.1, -0.05) is 6.07 Å².